The molecular formula is C19H17ClO. The average molecular weight is 297 g/mol. The molecule has 0 aliphatic rings. The molecule has 1 nitrogen and oxygen atoms in total. The fraction of sp³-hybridized carbons (Fsp3) is 0.158. The van der Waals surface area contributed by atoms with Crippen LogP contribution in [-0.4, -0.2) is 5.11 Å². The smallest absolute Gasteiger partial charge is 0.106 e. The highest BCUT2D eigenvalue weighted by molar-refractivity contribution is 6.31. The number of aliphatic hydroxyl groups excluding tert-OH is 1. The maximum absolute atomic E-state index is 10.9. The van der Waals surface area contributed by atoms with E-state index in [0.717, 1.165) is 33.0 Å². The van der Waals surface area contributed by atoms with Crippen molar-refractivity contribution in [3.8, 4) is 0 Å². The Morgan fingerprint density at radius 1 is 0.952 bits per heavy atom. The van der Waals surface area contributed by atoms with Crippen LogP contribution in [0.4, 0.5) is 0 Å². The molecule has 3 rings (SSSR count). The maximum atomic E-state index is 10.9. The molecule has 1 atom stereocenters. The van der Waals surface area contributed by atoms with Crippen molar-refractivity contribution in [1.29, 1.82) is 0 Å². The van der Waals surface area contributed by atoms with Gasteiger partial charge in [0.1, 0.15) is 6.10 Å². The van der Waals surface area contributed by atoms with Gasteiger partial charge in [0, 0.05) is 10.6 Å². The molecule has 0 bridgehead atoms. The molecule has 0 aliphatic carbocycles. The molecule has 0 saturated heterocycles. The van der Waals surface area contributed by atoms with Crippen LogP contribution in [0.3, 0.4) is 0 Å². The topological polar surface area (TPSA) is 20.2 Å². The summed E-state index contributed by atoms with van der Waals surface area (Å²) in [6.45, 7) is 4.01. The molecule has 1 N–H and O–H groups in total. The van der Waals surface area contributed by atoms with E-state index in [-0.39, 0.29) is 0 Å². The normalized spacial score (nSPS) is 12.6. The van der Waals surface area contributed by atoms with E-state index in [4.69, 9.17) is 11.6 Å². The van der Waals surface area contributed by atoms with Crippen LogP contribution in [0, 0.1) is 13.8 Å². The van der Waals surface area contributed by atoms with Gasteiger partial charge in [-0.1, -0.05) is 60.1 Å². The summed E-state index contributed by atoms with van der Waals surface area (Å²) in [5.41, 5.74) is 3.84. The van der Waals surface area contributed by atoms with E-state index in [1.165, 1.54) is 0 Å². The first-order chi connectivity index (χ1) is 10.1. The monoisotopic (exact) mass is 296 g/mol. The summed E-state index contributed by atoms with van der Waals surface area (Å²) < 4.78 is 0. The molecule has 0 heterocycles. The van der Waals surface area contributed by atoms with Crippen molar-refractivity contribution < 1.29 is 5.11 Å². The van der Waals surface area contributed by atoms with E-state index in [1.54, 1.807) is 0 Å². The zero-order valence-electron chi connectivity index (χ0n) is 12.1. The van der Waals surface area contributed by atoms with Crippen LogP contribution in [0.25, 0.3) is 10.8 Å². The molecule has 0 fully saturated rings. The van der Waals surface area contributed by atoms with Gasteiger partial charge in [-0.3, -0.25) is 0 Å². The Kier molecular flexibility index (Phi) is 3.71. The lowest BCUT2D eigenvalue weighted by atomic mass is 9.92. The number of rotatable bonds is 2. The number of benzene rings is 3. The van der Waals surface area contributed by atoms with Gasteiger partial charge < -0.3 is 5.11 Å². The lowest BCUT2D eigenvalue weighted by molar-refractivity contribution is 0.221. The third kappa shape index (κ3) is 2.55. The van der Waals surface area contributed by atoms with Crippen LogP contribution in [0.2, 0.25) is 5.02 Å². The Morgan fingerprint density at radius 3 is 2.48 bits per heavy atom. The molecular weight excluding hydrogens is 280 g/mol. The van der Waals surface area contributed by atoms with Gasteiger partial charge in [-0.15, -0.1) is 0 Å². The number of hydrogen-bond acceptors (Lipinski definition) is 1. The first kappa shape index (κ1) is 14.1. The number of aliphatic hydroxyl groups is 1. The molecule has 0 aromatic heterocycles. The van der Waals surface area contributed by atoms with Crippen LogP contribution in [0.1, 0.15) is 28.4 Å². The van der Waals surface area contributed by atoms with E-state index in [0.29, 0.717) is 5.02 Å². The second kappa shape index (κ2) is 5.51. The first-order valence-electron chi connectivity index (χ1n) is 7.00. The fourth-order valence-electron chi connectivity index (χ4n) is 2.78. The molecule has 0 aliphatic heterocycles. The average Bonchev–Trinajstić information content (AvgIpc) is 2.46. The number of halogens is 1. The highest BCUT2D eigenvalue weighted by Gasteiger charge is 2.18. The van der Waals surface area contributed by atoms with Gasteiger partial charge >= 0.3 is 0 Å². The largest absolute Gasteiger partial charge is 0.384 e. The van der Waals surface area contributed by atoms with Gasteiger partial charge in [0.15, 0.2) is 0 Å². The lowest BCUT2D eigenvalue weighted by Crippen LogP contribution is -2.04. The zero-order valence-corrected chi connectivity index (χ0v) is 12.9. The second-order valence-electron chi connectivity index (χ2n) is 5.44. The summed E-state index contributed by atoms with van der Waals surface area (Å²) in [7, 11) is 0. The maximum Gasteiger partial charge on any atom is 0.106 e. The Hall–Kier alpha value is -1.83. The standard InChI is InChI=1S/C19H17ClO/c1-12-7-10-16(17(20)11-12)19(21)18-13(2)8-9-14-5-3-4-6-15(14)18/h3-11,19,21H,1-2H3. The molecule has 0 spiro atoms. The fourth-order valence-corrected chi connectivity index (χ4v) is 3.12. The van der Waals surface area contributed by atoms with Gasteiger partial charge in [-0.2, -0.15) is 0 Å². The van der Waals surface area contributed by atoms with Crippen LogP contribution >= 0.6 is 11.6 Å². The number of fused-ring (bicyclic) bond motifs is 1. The minimum Gasteiger partial charge on any atom is -0.384 e. The number of aryl methyl sites for hydroxylation is 2. The van der Waals surface area contributed by atoms with E-state index < -0.39 is 6.10 Å². The van der Waals surface area contributed by atoms with Gasteiger partial charge in [0.05, 0.1) is 0 Å². The predicted molar refractivity (Wildman–Crippen MR) is 88.9 cm³/mol. The first-order valence-corrected chi connectivity index (χ1v) is 7.38. The molecule has 1 unspecified atom stereocenters. The highest BCUT2D eigenvalue weighted by atomic mass is 35.5. The van der Waals surface area contributed by atoms with Crippen LogP contribution < -0.4 is 0 Å². The molecule has 21 heavy (non-hydrogen) atoms. The van der Waals surface area contributed by atoms with Crippen molar-refractivity contribution in [3.63, 3.8) is 0 Å². The number of hydrogen-bond donors (Lipinski definition) is 1. The molecule has 3 aromatic rings. The van der Waals surface area contributed by atoms with Crippen molar-refractivity contribution in [2.45, 2.75) is 20.0 Å². The van der Waals surface area contributed by atoms with Crippen molar-refractivity contribution in [2.75, 3.05) is 0 Å². The van der Waals surface area contributed by atoms with Crippen LogP contribution in [-0.2, 0) is 0 Å². The SMILES string of the molecule is Cc1ccc(C(O)c2c(C)ccc3ccccc23)c(Cl)c1. The summed E-state index contributed by atoms with van der Waals surface area (Å²) in [6.07, 6.45) is -0.718. The second-order valence-corrected chi connectivity index (χ2v) is 5.85. The zero-order chi connectivity index (χ0) is 15.0. The summed E-state index contributed by atoms with van der Waals surface area (Å²) in [5.74, 6) is 0. The van der Waals surface area contributed by atoms with Crippen molar-refractivity contribution >= 4 is 22.4 Å². The third-order valence-electron chi connectivity index (χ3n) is 3.91. The minimum atomic E-state index is -0.718. The molecule has 106 valence electrons. The van der Waals surface area contributed by atoms with Gasteiger partial charge in [0.2, 0.25) is 0 Å². The summed E-state index contributed by atoms with van der Waals surface area (Å²) in [4.78, 5) is 0. The van der Waals surface area contributed by atoms with E-state index in [2.05, 4.69) is 12.1 Å². The molecule has 2 heteroatoms. The van der Waals surface area contributed by atoms with E-state index in [1.807, 2.05) is 56.3 Å². The lowest BCUT2D eigenvalue weighted by Gasteiger charge is -2.18. The van der Waals surface area contributed by atoms with Crippen molar-refractivity contribution in [3.05, 3.63) is 81.9 Å². The third-order valence-corrected chi connectivity index (χ3v) is 4.24. The van der Waals surface area contributed by atoms with E-state index >= 15 is 0 Å². The summed E-state index contributed by atoms with van der Waals surface area (Å²) in [5, 5.41) is 13.7. The minimum absolute atomic E-state index is 0.606. The predicted octanol–water partition coefficient (Wildman–Crippen LogP) is 5.19. The Balaban J connectivity index is 2.21. The van der Waals surface area contributed by atoms with E-state index in [9.17, 15) is 5.11 Å². The van der Waals surface area contributed by atoms with Gasteiger partial charge in [-0.25, -0.2) is 0 Å². The molecule has 0 radical (unpaired) electrons. The molecule has 0 saturated carbocycles. The quantitative estimate of drug-likeness (QED) is 0.690. The van der Waals surface area contributed by atoms with Crippen molar-refractivity contribution in [2.24, 2.45) is 0 Å². The van der Waals surface area contributed by atoms with Gasteiger partial charge in [-0.05, 0) is 47.4 Å². The van der Waals surface area contributed by atoms with Gasteiger partial charge in [0.25, 0.3) is 0 Å². The Bertz CT molecular complexity index is 808. The Morgan fingerprint density at radius 2 is 1.71 bits per heavy atom. The van der Waals surface area contributed by atoms with Crippen LogP contribution in [0.15, 0.2) is 54.6 Å². The summed E-state index contributed by atoms with van der Waals surface area (Å²) in [6, 6.07) is 18.0. The molecule has 3 aromatic carbocycles. The van der Waals surface area contributed by atoms with Crippen LogP contribution in [0.5, 0.6) is 0 Å². The Labute approximate surface area is 129 Å². The van der Waals surface area contributed by atoms with Crippen molar-refractivity contribution in [1.82, 2.24) is 0 Å². The summed E-state index contributed by atoms with van der Waals surface area (Å²) >= 11 is 6.32. The highest BCUT2D eigenvalue weighted by Crippen LogP contribution is 2.34. The molecule has 0 amide bonds.